The molecule has 0 amide bonds. The summed E-state index contributed by atoms with van der Waals surface area (Å²) in [6, 6.07) is 15.4. The molecule has 0 aliphatic carbocycles. The quantitative estimate of drug-likeness (QED) is 0.503. The molecule has 0 spiro atoms. The molecule has 0 saturated carbocycles. The first-order chi connectivity index (χ1) is 8.25. The van der Waals surface area contributed by atoms with Crippen molar-refractivity contribution >= 4 is 34.2 Å². The lowest BCUT2D eigenvalue weighted by molar-refractivity contribution is 0.977. The molecule has 0 saturated heterocycles. The summed E-state index contributed by atoms with van der Waals surface area (Å²) < 4.78 is 2.29. The average molecular weight is 335 g/mol. The molecule has 2 heteroatoms. The van der Waals surface area contributed by atoms with Gasteiger partial charge in [-0.1, -0.05) is 30.3 Å². The summed E-state index contributed by atoms with van der Waals surface area (Å²) in [6.45, 7) is 2.15. The van der Waals surface area contributed by atoms with Crippen molar-refractivity contribution in [3.05, 3.63) is 59.2 Å². The molecule has 3 rings (SSSR count). The van der Waals surface area contributed by atoms with E-state index < -0.39 is 0 Å². The molecule has 2 aromatic carbocycles. The Labute approximate surface area is 116 Å². The second-order valence-corrected chi connectivity index (χ2v) is 5.51. The minimum atomic E-state index is 1.13. The van der Waals surface area contributed by atoms with Gasteiger partial charge in [-0.05, 0) is 48.6 Å². The SMILES string of the molecule is Cc1ccc2c(c1)N(I)c1ccccc1CC2. The van der Waals surface area contributed by atoms with Gasteiger partial charge in [0.2, 0.25) is 0 Å². The molecular formula is C15H14IN. The first kappa shape index (κ1) is 11.1. The number of anilines is 2. The minimum absolute atomic E-state index is 1.13. The third-order valence-corrected chi connectivity index (χ3v) is 4.36. The van der Waals surface area contributed by atoms with E-state index in [9.17, 15) is 0 Å². The first-order valence-corrected chi connectivity index (χ1v) is 6.85. The first-order valence-electron chi connectivity index (χ1n) is 5.89. The van der Waals surface area contributed by atoms with Crippen LogP contribution in [0.5, 0.6) is 0 Å². The Hall–Kier alpha value is -1.03. The van der Waals surface area contributed by atoms with Crippen LogP contribution in [0.3, 0.4) is 0 Å². The fourth-order valence-electron chi connectivity index (χ4n) is 2.38. The van der Waals surface area contributed by atoms with Crippen molar-refractivity contribution in [2.24, 2.45) is 0 Å². The topological polar surface area (TPSA) is 3.24 Å². The van der Waals surface area contributed by atoms with Crippen LogP contribution in [-0.2, 0) is 12.8 Å². The van der Waals surface area contributed by atoms with Crippen LogP contribution >= 0.6 is 22.9 Å². The molecule has 17 heavy (non-hydrogen) atoms. The monoisotopic (exact) mass is 335 g/mol. The summed E-state index contributed by atoms with van der Waals surface area (Å²) in [4.78, 5) is 0. The Morgan fingerprint density at radius 3 is 2.47 bits per heavy atom. The lowest BCUT2D eigenvalue weighted by Gasteiger charge is -2.19. The third kappa shape index (κ3) is 1.95. The van der Waals surface area contributed by atoms with E-state index in [2.05, 4.69) is 75.4 Å². The Bertz CT molecular complexity index is 563. The zero-order chi connectivity index (χ0) is 11.8. The number of nitrogens with zero attached hydrogens (tertiary/aromatic N) is 1. The van der Waals surface area contributed by atoms with Crippen LogP contribution in [0, 0.1) is 6.92 Å². The summed E-state index contributed by atoms with van der Waals surface area (Å²) in [5.41, 5.74) is 6.88. The number of benzene rings is 2. The van der Waals surface area contributed by atoms with Crippen LogP contribution in [0.25, 0.3) is 0 Å². The highest BCUT2D eigenvalue weighted by Gasteiger charge is 2.18. The Morgan fingerprint density at radius 1 is 0.941 bits per heavy atom. The standard InChI is InChI=1S/C15H14IN/c1-11-6-7-13-9-8-12-4-2-3-5-14(12)17(16)15(13)10-11/h2-7,10H,8-9H2,1H3. The predicted molar refractivity (Wildman–Crippen MR) is 81.2 cm³/mol. The molecule has 0 N–H and O–H groups in total. The van der Waals surface area contributed by atoms with E-state index >= 15 is 0 Å². The molecule has 0 fully saturated rings. The maximum Gasteiger partial charge on any atom is 0.0646 e. The number of rotatable bonds is 0. The largest absolute Gasteiger partial charge is 0.282 e. The van der Waals surface area contributed by atoms with E-state index in [1.165, 1.54) is 28.1 Å². The van der Waals surface area contributed by atoms with Gasteiger partial charge < -0.3 is 0 Å². The Balaban J connectivity index is 2.18. The van der Waals surface area contributed by atoms with Crippen LogP contribution in [0.4, 0.5) is 11.4 Å². The van der Waals surface area contributed by atoms with E-state index in [1.54, 1.807) is 0 Å². The van der Waals surface area contributed by atoms with Gasteiger partial charge in [0, 0.05) is 0 Å². The number of hydrogen-bond acceptors (Lipinski definition) is 1. The van der Waals surface area contributed by atoms with Crippen LogP contribution in [0.1, 0.15) is 16.7 Å². The predicted octanol–water partition coefficient (Wildman–Crippen LogP) is 4.58. The van der Waals surface area contributed by atoms with Crippen molar-refractivity contribution in [3.8, 4) is 0 Å². The molecule has 0 bridgehead atoms. The van der Waals surface area contributed by atoms with Gasteiger partial charge in [-0.15, -0.1) is 0 Å². The highest BCUT2D eigenvalue weighted by atomic mass is 127. The van der Waals surface area contributed by atoms with Gasteiger partial charge in [0.05, 0.1) is 34.2 Å². The highest BCUT2D eigenvalue weighted by Crippen LogP contribution is 2.38. The smallest absolute Gasteiger partial charge is 0.0646 e. The van der Waals surface area contributed by atoms with Gasteiger partial charge in [-0.2, -0.15) is 0 Å². The molecule has 1 aliphatic rings. The van der Waals surface area contributed by atoms with E-state index in [1.807, 2.05) is 0 Å². The van der Waals surface area contributed by atoms with Gasteiger partial charge in [-0.25, -0.2) is 0 Å². The van der Waals surface area contributed by atoms with Crippen LogP contribution in [-0.4, -0.2) is 0 Å². The molecule has 0 atom stereocenters. The van der Waals surface area contributed by atoms with Crippen molar-refractivity contribution in [2.75, 3.05) is 3.11 Å². The third-order valence-electron chi connectivity index (χ3n) is 3.32. The van der Waals surface area contributed by atoms with Crippen molar-refractivity contribution in [2.45, 2.75) is 19.8 Å². The molecule has 0 unspecified atom stereocenters. The molecule has 1 aliphatic heterocycles. The van der Waals surface area contributed by atoms with Crippen molar-refractivity contribution in [1.82, 2.24) is 0 Å². The summed E-state index contributed by atoms with van der Waals surface area (Å²) in [5.74, 6) is 0. The van der Waals surface area contributed by atoms with Gasteiger partial charge in [-0.3, -0.25) is 3.11 Å². The molecule has 2 aromatic rings. The maximum atomic E-state index is 2.41. The highest BCUT2D eigenvalue weighted by molar-refractivity contribution is 14.1. The lowest BCUT2D eigenvalue weighted by atomic mass is 10.0. The van der Waals surface area contributed by atoms with Gasteiger partial charge in [0.15, 0.2) is 0 Å². The van der Waals surface area contributed by atoms with Gasteiger partial charge >= 0.3 is 0 Å². The second-order valence-electron chi connectivity index (χ2n) is 4.54. The fourth-order valence-corrected chi connectivity index (χ4v) is 3.30. The molecule has 0 aromatic heterocycles. The molecular weight excluding hydrogens is 321 g/mol. The number of fused-ring (bicyclic) bond motifs is 2. The average Bonchev–Trinajstić information content (AvgIpc) is 2.49. The minimum Gasteiger partial charge on any atom is -0.282 e. The number of hydrogen-bond donors (Lipinski definition) is 0. The fraction of sp³-hybridized carbons (Fsp3) is 0.200. The van der Waals surface area contributed by atoms with E-state index in [0.717, 1.165) is 12.8 Å². The zero-order valence-electron chi connectivity index (χ0n) is 9.78. The zero-order valence-corrected chi connectivity index (χ0v) is 11.9. The van der Waals surface area contributed by atoms with Crippen LogP contribution in [0.15, 0.2) is 42.5 Å². The number of para-hydroxylation sites is 1. The van der Waals surface area contributed by atoms with Crippen molar-refractivity contribution in [1.29, 1.82) is 0 Å². The molecule has 1 nitrogen and oxygen atoms in total. The van der Waals surface area contributed by atoms with Crippen molar-refractivity contribution < 1.29 is 0 Å². The molecule has 0 radical (unpaired) electrons. The van der Waals surface area contributed by atoms with E-state index in [4.69, 9.17) is 0 Å². The molecule has 86 valence electrons. The van der Waals surface area contributed by atoms with Crippen molar-refractivity contribution in [3.63, 3.8) is 0 Å². The maximum absolute atomic E-state index is 2.41. The second kappa shape index (κ2) is 4.33. The number of aryl methyl sites for hydroxylation is 3. The molecule has 1 heterocycles. The van der Waals surface area contributed by atoms with Gasteiger partial charge in [0.1, 0.15) is 0 Å². The Morgan fingerprint density at radius 2 is 1.65 bits per heavy atom. The summed E-state index contributed by atoms with van der Waals surface area (Å²) in [6.07, 6.45) is 2.26. The normalized spacial score (nSPS) is 13.9. The summed E-state index contributed by atoms with van der Waals surface area (Å²) in [5, 5.41) is 0. The number of halogens is 1. The van der Waals surface area contributed by atoms with Gasteiger partial charge in [0.25, 0.3) is 0 Å². The Kier molecular flexibility index (Phi) is 2.82. The summed E-state index contributed by atoms with van der Waals surface area (Å²) >= 11 is 2.41. The summed E-state index contributed by atoms with van der Waals surface area (Å²) in [7, 11) is 0. The van der Waals surface area contributed by atoms with Crippen LogP contribution in [0.2, 0.25) is 0 Å². The van der Waals surface area contributed by atoms with E-state index in [0.29, 0.717) is 0 Å². The van der Waals surface area contributed by atoms with E-state index in [-0.39, 0.29) is 0 Å². The lowest BCUT2D eigenvalue weighted by Crippen LogP contribution is -2.03. The van der Waals surface area contributed by atoms with Crippen LogP contribution < -0.4 is 3.11 Å².